The molecule has 226 valence electrons. The third-order valence-corrected chi connectivity index (χ3v) is 9.16. The molecule has 0 aliphatic carbocycles. The van der Waals surface area contributed by atoms with Gasteiger partial charge in [0, 0.05) is 0 Å². The molecule has 0 aromatic heterocycles. The summed E-state index contributed by atoms with van der Waals surface area (Å²) in [5.74, 6) is 0. The molecule has 0 atom stereocenters. The summed E-state index contributed by atoms with van der Waals surface area (Å²) in [6.07, 6.45) is 10.8. The van der Waals surface area contributed by atoms with Crippen LogP contribution >= 0.6 is 0 Å². The first-order valence-corrected chi connectivity index (χ1v) is 17.0. The topological polar surface area (TPSA) is 0 Å². The van der Waals surface area contributed by atoms with E-state index < -0.39 is 0 Å². The average Bonchev–Trinajstić information content (AvgIpc) is 3.06. The second-order valence-electron chi connectivity index (χ2n) is 12.6. The molecule has 0 bridgehead atoms. The van der Waals surface area contributed by atoms with E-state index in [1.807, 2.05) is 0 Å². The van der Waals surface area contributed by atoms with E-state index in [0.717, 1.165) is 19.3 Å². The highest BCUT2D eigenvalue weighted by Gasteiger charge is 2.15. The molecule has 0 saturated heterocycles. The normalized spacial score (nSPS) is 11.2. The van der Waals surface area contributed by atoms with Crippen LogP contribution in [0.4, 0.5) is 0 Å². The van der Waals surface area contributed by atoms with Crippen LogP contribution in [0.5, 0.6) is 0 Å². The molecule has 0 radical (unpaired) electrons. The van der Waals surface area contributed by atoms with Crippen LogP contribution in [0.15, 0.2) is 103 Å². The van der Waals surface area contributed by atoms with Gasteiger partial charge in [-0.2, -0.15) is 0 Å². The Morgan fingerprint density at radius 1 is 0.364 bits per heavy atom. The summed E-state index contributed by atoms with van der Waals surface area (Å²) in [5, 5.41) is 0. The van der Waals surface area contributed by atoms with Crippen LogP contribution in [0.2, 0.25) is 0 Å². The predicted octanol–water partition coefficient (Wildman–Crippen LogP) is 13.0. The van der Waals surface area contributed by atoms with Crippen molar-refractivity contribution in [3.05, 3.63) is 131 Å². The van der Waals surface area contributed by atoms with Gasteiger partial charge in [0.15, 0.2) is 0 Å². The quantitative estimate of drug-likeness (QED) is 0.122. The minimum absolute atomic E-state index is 1.05. The molecular formula is C44H50. The minimum atomic E-state index is 1.05. The van der Waals surface area contributed by atoms with Crippen molar-refractivity contribution < 1.29 is 0 Å². The lowest BCUT2D eigenvalue weighted by Crippen LogP contribution is -1.99. The number of hydrogen-bond donors (Lipinski definition) is 0. The molecule has 0 heteroatoms. The molecule has 0 amide bonds. The molecule has 0 N–H and O–H groups in total. The summed E-state index contributed by atoms with van der Waals surface area (Å²) in [6.45, 7) is 11.2. The van der Waals surface area contributed by atoms with Crippen LogP contribution < -0.4 is 0 Å². The van der Waals surface area contributed by atoms with Crippen molar-refractivity contribution >= 4 is 0 Å². The summed E-state index contributed by atoms with van der Waals surface area (Å²) in [4.78, 5) is 0. The molecule has 0 fully saturated rings. The SMILES string of the molecule is CCCCCc1cc(-c2ccc(-c3ccc(C)cc3CC)cc2)c(CCCCC)cc1-c1ccc(-c2ccc(C)cc2)cc1. The van der Waals surface area contributed by atoms with Gasteiger partial charge in [0.1, 0.15) is 0 Å². The van der Waals surface area contributed by atoms with Gasteiger partial charge >= 0.3 is 0 Å². The molecule has 0 nitrogen and oxygen atoms in total. The van der Waals surface area contributed by atoms with E-state index in [2.05, 4.69) is 138 Å². The minimum Gasteiger partial charge on any atom is -0.0654 e. The second kappa shape index (κ2) is 15.2. The van der Waals surface area contributed by atoms with Gasteiger partial charge < -0.3 is 0 Å². The van der Waals surface area contributed by atoms with Gasteiger partial charge in [-0.1, -0.05) is 161 Å². The van der Waals surface area contributed by atoms with Crippen molar-refractivity contribution in [2.45, 2.75) is 92.4 Å². The standard InChI is InChI=1S/C44H50/c1-6-9-11-13-40-31-44(39-26-24-37(25-27-39)42-28-17-33(5)29-34(42)8-3)41(14-12-10-7-2)30-43(40)38-22-20-36(21-23-38)35-18-15-32(4)16-19-35/h15-31H,6-14H2,1-5H3. The van der Waals surface area contributed by atoms with E-state index >= 15 is 0 Å². The van der Waals surface area contributed by atoms with Gasteiger partial charge in [0.25, 0.3) is 0 Å². The lowest BCUT2D eigenvalue weighted by Gasteiger charge is -2.19. The van der Waals surface area contributed by atoms with Gasteiger partial charge in [-0.15, -0.1) is 0 Å². The lowest BCUT2D eigenvalue weighted by atomic mass is 9.86. The van der Waals surface area contributed by atoms with Crippen molar-refractivity contribution in [1.29, 1.82) is 0 Å². The van der Waals surface area contributed by atoms with E-state index in [0.29, 0.717) is 0 Å². The predicted molar refractivity (Wildman–Crippen MR) is 193 cm³/mol. The maximum atomic E-state index is 2.54. The van der Waals surface area contributed by atoms with Gasteiger partial charge in [-0.05, 0) is 107 Å². The maximum Gasteiger partial charge on any atom is -0.0149 e. The molecule has 0 aliphatic rings. The van der Waals surface area contributed by atoms with Crippen molar-refractivity contribution in [1.82, 2.24) is 0 Å². The first-order chi connectivity index (χ1) is 21.5. The average molecular weight is 579 g/mol. The summed E-state index contributed by atoms with van der Waals surface area (Å²) in [6, 6.07) is 39.5. The number of hydrogen-bond acceptors (Lipinski definition) is 0. The van der Waals surface area contributed by atoms with Gasteiger partial charge in [-0.25, -0.2) is 0 Å². The van der Waals surface area contributed by atoms with Gasteiger partial charge in [0.2, 0.25) is 0 Å². The van der Waals surface area contributed by atoms with Crippen molar-refractivity contribution in [2.75, 3.05) is 0 Å². The smallest absolute Gasteiger partial charge is 0.0149 e. The first-order valence-electron chi connectivity index (χ1n) is 17.0. The fourth-order valence-corrected chi connectivity index (χ4v) is 6.49. The zero-order valence-electron chi connectivity index (χ0n) is 27.7. The van der Waals surface area contributed by atoms with Crippen LogP contribution in [-0.4, -0.2) is 0 Å². The Morgan fingerprint density at radius 2 is 0.773 bits per heavy atom. The molecule has 0 unspecified atom stereocenters. The van der Waals surface area contributed by atoms with Crippen LogP contribution in [0.25, 0.3) is 44.5 Å². The molecule has 0 aliphatic heterocycles. The molecule has 0 heterocycles. The van der Waals surface area contributed by atoms with Gasteiger partial charge in [-0.3, -0.25) is 0 Å². The second-order valence-corrected chi connectivity index (χ2v) is 12.6. The number of aryl methyl sites for hydroxylation is 5. The Bertz CT molecular complexity index is 1630. The fraction of sp³-hybridized carbons (Fsp3) is 0.318. The van der Waals surface area contributed by atoms with Gasteiger partial charge in [0.05, 0.1) is 0 Å². The molecule has 5 aromatic carbocycles. The Balaban J connectivity index is 1.55. The Hall–Kier alpha value is -3.90. The largest absolute Gasteiger partial charge is 0.0654 e. The Labute approximate surface area is 267 Å². The van der Waals surface area contributed by atoms with Crippen LogP contribution in [0.1, 0.15) is 87.1 Å². The summed E-state index contributed by atoms with van der Waals surface area (Å²) in [7, 11) is 0. The summed E-state index contributed by atoms with van der Waals surface area (Å²) >= 11 is 0. The number of benzene rings is 5. The number of unbranched alkanes of at least 4 members (excludes halogenated alkanes) is 4. The third-order valence-electron chi connectivity index (χ3n) is 9.16. The number of rotatable bonds is 13. The molecule has 44 heavy (non-hydrogen) atoms. The summed E-state index contributed by atoms with van der Waals surface area (Å²) < 4.78 is 0. The van der Waals surface area contributed by atoms with Crippen LogP contribution in [0.3, 0.4) is 0 Å². The highest BCUT2D eigenvalue weighted by Crippen LogP contribution is 2.37. The van der Waals surface area contributed by atoms with Crippen LogP contribution in [0, 0.1) is 13.8 Å². The maximum absolute atomic E-state index is 2.54. The zero-order chi connectivity index (χ0) is 30.9. The van der Waals surface area contributed by atoms with E-state index in [1.165, 1.54) is 111 Å². The molecule has 5 aromatic rings. The zero-order valence-corrected chi connectivity index (χ0v) is 27.7. The van der Waals surface area contributed by atoms with E-state index in [9.17, 15) is 0 Å². The van der Waals surface area contributed by atoms with E-state index in [4.69, 9.17) is 0 Å². The highest BCUT2D eigenvalue weighted by molar-refractivity contribution is 5.80. The highest BCUT2D eigenvalue weighted by atomic mass is 14.2. The Morgan fingerprint density at radius 3 is 1.23 bits per heavy atom. The van der Waals surface area contributed by atoms with Crippen molar-refractivity contribution in [3.63, 3.8) is 0 Å². The molecule has 0 spiro atoms. The Kier molecular flexibility index (Phi) is 10.9. The summed E-state index contributed by atoms with van der Waals surface area (Å²) in [5.41, 5.74) is 17.7. The van der Waals surface area contributed by atoms with Crippen molar-refractivity contribution in [2.24, 2.45) is 0 Å². The first kappa shape index (κ1) is 31.5. The molecule has 0 saturated carbocycles. The molecule has 5 rings (SSSR count). The van der Waals surface area contributed by atoms with Crippen molar-refractivity contribution in [3.8, 4) is 44.5 Å². The van der Waals surface area contributed by atoms with Crippen LogP contribution in [-0.2, 0) is 19.3 Å². The fourth-order valence-electron chi connectivity index (χ4n) is 6.49. The monoisotopic (exact) mass is 578 g/mol. The lowest BCUT2D eigenvalue weighted by molar-refractivity contribution is 0.713. The van der Waals surface area contributed by atoms with E-state index in [-0.39, 0.29) is 0 Å². The molecular weight excluding hydrogens is 528 g/mol. The third kappa shape index (κ3) is 7.59. The van der Waals surface area contributed by atoms with E-state index in [1.54, 1.807) is 0 Å².